The number of thiazole rings is 1. The van der Waals surface area contributed by atoms with Crippen LogP contribution in [0.3, 0.4) is 0 Å². The molecule has 0 radical (unpaired) electrons. The summed E-state index contributed by atoms with van der Waals surface area (Å²) in [6, 6.07) is 7.14. The summed E-state index contributed by atoms with van der Waals surface area (Å²) in [6.07, 6.45) is 3.25. The maximum atomic E-state index is 12.3. The molecule has 8 heteroatoms. The molecule has 4 rings (SSSR count). The lowest BCUT2D eigenvalue weighted by Gasteiger charge is -2.30. The summed E-state index contributed by atoms with van der Waals surface area (Å²) < 4.78 is 0. The third-order valence-electron chi connectivity index (χ3n) is 5.08. The van der Waals surface area contributed by atoms with Gasteiger partial charge >= 0.3 is 0 Å². The summed E-state index contributed by atoms with van der Waals surface area (Å²) in [5.41, 5.74) is 2.43. The fourth-order valence-electron chi connectivity index (χ4n) is 3.51. The Labute approximate surface area is 172 Å². The number of carbonyl (C=O) groups excluding carboxylic acids is 1. The lowest BCUT2D eigenvalue weighted by atomic mass is 10.1. The SMILES string of the molecule is Cc1csc(NC(=O)c2ccc(CNc3c(N4CCCCC4)c(=O)c3=O)cc2)n1. The Balaban J connectivity index is 1.39. The van der Waals surface area contributed by atoms with Crippen molar-refractivity contribution in [1.82, 2.24) is 4.98 Å². The maximum Gasteiger partial charge on any atom is 0.257 e. The van der Waals surface area contributed by atoms with Gasteiger partial charge in [0.25, 0.3) is 16.8 Å². The molecule has 1 amide bonds. The summed E-state index contributed by atoms with van der Waals surface area (Å²) in [7, 11) is 0. The number of benzene rings is 1. The van der Waals surface area contributed by atoms with Crippen LogP contribution in [0.5, 0.6) is 0 Å². The third-order valence-corrected chi connectivity index (χ3v) is 5.96. The Kier molecular flexibility index (Phi) is 5.44. The number of hydrogen-bond donors (Lipinski definition) is 2. The van der Waals surface area contributed by atoms with Gasteiger partial charge in [0.05, 0.1) is 5.69 Å². The average molecular weight is 410 g/mol. The number of aryl methyl sites for hydroxylation is 1. The van der Waals surface area contributed by atoms with E-state index in [0.717, 1.165) is 43.6 Å². The van der Waals surface area contributed by atoms with Crippen molar-refractivity contribution in [3.8, 4) is 0 Å². The van der Waals surface area contributed by atoms with Crippen molar-refractivity contribution in [3.05, 3.63) is 66.9 Å². The average Bonchev–Trinajstić information content (AvgIpc) is 3.15. The maximum absolute atomic E-state index is 12.3. The van der Waals surface area contributed by atoms with E-state index in [9.17, 15) is 14.4 Å². The van der Waals surface area contributed by atoms with Crippen LogP contribution in [0.4, 0.5) is 16.5 Å². The first-order valence-electron chi connectivity index (χ1n) is 9.67. The van der Waals surface area contributed by atoms with Crippen molar-refractivity contribution in [3.63, 3.8) is 0 Å². The molecule has 0 unspecified atom stereocenters. The van der Waals surface area contributed by atoms with Gasteiger partial charge in [-0.2, -0.15) is 0 Å². The zero-order valence-electron chi connectivity index (χ0n) is 16.2. The zero-order valence-corrected chi connectivity index (χ0v) is 17.0. The number of rotatable bonds is 6. The predicted octanol–water partition coefficient (Wildman–Crippen LogP) is 2.90. The number of aromatic nitrogens is 1. The highest BCUT2D eigenvalue weighted by molar-refractivity contribution is 7.13. The van der Waals surface area contributed by atoms with Gasteiger partial charge in [0.15, 0.2) is 5.13 Å². The quantitative estimate of drug-likeness (QED) is 0.607. The lowest BCUT2D eigenvalue weighted by Crippen LogP contribution is -2.44. The molecule has 3 aromatic rings. The van der Waals surface area contributed by atoms with Crippen molar-refractivity contribution in [2.75, 3.05) is 28.6 Å². The van der Waals surface area contributed by atoms with E-state index in [-0.39, 0.29) is 11.3 Å². The fraction of sp³-hybridized carbons (Fsp3) is 0.333. The summed E-state index contributed by atoms with van der Waals surface area (Å²) in [5, 5.41) is 8.34. The van der Waals surface area contributed by atoms with Crippen LogP contribution in [-0.2, 0) is 6.54 Å². The van der Waals surface area contributed by atoms with E-state index in [0.29, 0.717) is 28.6 Å². The molecule has 2 N–H and O–H groups in total. The molecule has 1 aromatic heterocycles. The number of nitrogens with zero attached hydrogens (tertiary/aromatic N) is 2. The van der Waals surface area contributed by atoms with Gasteiger partial charge in [-0.25, -0.2) is 4.98 Å². The summed E-state index contributed by atoms with van der Waals surface area (Å²) >= 11 is 1.39. The molecule has 1 aliphatic rings. The first-order valence-corrected chi connectivity index (χ1v) is 10.6. The fourth-order valence-corrected chi connectivity index (χ4v) is 4.19. The van der Waals surface area contributed by atoms with Crippen LogP contribution in [0.15, 0.2) is 39.2 Å². The van der Waals surface area contributed by atoms with Gasteiger partial charge in [-0.3, -0.25) is 19.7 Å². The van der Waals surface area contributed by atoms with Crippen LogP contribution in [0.1, 0.15) is 40.9 Å². The molecule has 29 heavy (non-hydrogen) atoms. The Morgan fingerprint density at radius 1 is 1.10 bits per heavy atom. The highest BCUT2D eigenvalue weighted by Crippen LogP contribution is 2.24. The third kappa shape index (κ3) is 4.07. The monoisotopic (exact) mass is 410 g/mol. The van der Waals surface area contributed by atoms with E-state index in [1.165, 1.54) is 11.3 Å². The molecule has 7 nitrogen and oxygen atoms in total. The minimum absolute atomic E-state index is 0.214. The van der Waals surface area contributed by atoms with Crippen molar-refractivity contribution < 1.29 is 4.79 Å². The molecule has 1 aliphatic heterocycles. The number of nitrogens with one attached hydrogen (secondary N) is 2. The van der Waals surface area contributed by atoms with Gasteiger partial charge in [-0.05, 0) is 43.9 Å². The Morgan fingerprint density at radius 2 is 1.83 bits per heavy atom. The summed E-state index contributed by atoms with van der Waals surface area (Å²) in [6.45, 7) is 3.93. The van der Waals surface area contributed by atoms with Gasteiger partial charge in [0.1, 0.15) is 11.4 Å². The van der Waals surface area contributed by atoms with Gasteiger partial charge in [0, 0.05) is 30.6 Å². The largest absolute Gasteiger partial charge is 0.376 e. The minimum atomic E-state index is -0.444. The minimum Gasteiger partial charge on any atom is -0.376 e. The number of carbonyl (C=O) groups is 1. The number of amides is 1. The van der Waals surface area contributed by atoms with E-state index in [1.54, 1.807) is 12.1 Å². The lowest BCUT2D eigenvalue weighted by molar-refractivity contribution is 0.102. The zero-order chi connectivity index (χ0) is 20.4. The molecule has 0 bridgehead atoms. The van der Waals surface area contributed by atoms with E-state index in [1.807, 2.05) is 29.3 Å². The normalized spacial score (nSPS) is 14.2. The van der Waals surface area contributed by atoms with Crippen LogP contribution in [-0.4, -0.2) is 24.0 Å². The number of anilines is 3. The van der Waals surface area contributed by atoms with Gasteiger partial charge in [-0.15, -0.1) is 11.3 Å². The molecular weight excluding hydrogens is 388 g/mol. The molecule has 0 atom stereocenters. The first kappa shape index (κ1) is 19.3. The standard InChI is InChI=1S/C21H22N4O3S/c1-13-12-29-21(23-13)24-20(28)15-7-5-14(6-8-15)11-22-16-17(19(27)18(16)26)25-9-3-2-4-10-25/h5-8,12,22H,2-4,9-11H2,1H3,(H,23,24,28). The van der Waals surface area contributed by atoms with Gasteiger partial charge in [-0.1, -0.05) is 12.1 Å². The van der Waals surface area contributed by atoms with Crippen LogP contribution in [0.25, 0.3) is 0 Å². The highest BCUT2D eigenvalue weighted by atomic mass is 32.1. The first-order chi connectivity index (χ1) is 14.0. The van der Waals surface area contributed by atoms with Crippen LogP contribution < -0.4 is 26.4 Å². The Bertz CT molecular complexity index is 1090. The molecular formula is C21H22N4O3S. The van der Waals surface area contributed by atoms with Crippen molar-refractivity contribution >= 4 is 33.8 Å². The number of hydrogen-bond acceptors (Lipinski definition) is 7. The van der Waals surface area contributed by atoms with Crippen LogP contribution in [0.2, 0.25) is 0 Å². The van der Waals surface area contributed by atoms with E-state index in [2.05, 4.69) is 15.6 Å². The Morgan fingerprint density at radius 3 is 2.48 bits per heavy atom. The van der Waals surface area contributed by atoms with Gasteiger partial charge < -0.3 is 10.2 Å². The smallest absolute Gasteiger partial charge is 0.257 e. The number of piperidine rings is 1. The molecule has 0 spiro atoms. The van der Waals surface area contributed by atoms with E-state index >= 15 is 0 Å². The molecule has 2 aromatic carbocycles. The molecule has 2 heterocycles. The van der Waals surface area contributed by atoms with Crippen molar-refractivity contribution in [1.29, 1.82) is 0 Å². The molecule has 0 saturated carbocycles. The van der Waals surface area contributed by atoms with Crippen molar-refractivity contribution in [2.45, 2.75) is 32.7 Å². The van der Waals surface area contributed by atoms with E-state index < -0.39 is 5.43 Å². The molecule has 0 aliphatic carbocycles. The molecule has 1 saturated heterocycles. The second-order valence-corrected chi connectivity index (χ2v) is 8.09. The van der Waals surface area contributed by atoms with Crippen molar-refractivity contribution in [2.24, 2.45) is 0 Å². The summed E-state index contributed by atoms with van der Waals surface area (Å²) in [5.74, 6) is -0.214. The second kappa shape index (κ2) is 8.16. The highest BCUT2D eigenvalue weighted by Gasteiger charge is 2.26. The molecule has 1 fully saturated rings. The van der Waals surface area contributed by atoms with E-state index in [4.69, 9.17) is 0 Å². The molecule has 150 valence electrons. The topological polar surface area (TPSA) is 91.4 Å². The Hall–Kier alpha value is -3.00. The van der Waals surface area contributed by atoms with Crippen LogP contribution in [0, 0.1) is 6.92 Å². The van der Waals surface area contributed by atoms with Gasteiger partial charge in [0.2, 0.25) is 0 Å². The predicted molar refractivity (Wildman–Crippen MR) is 116 cm³/mol. The summed E-state index contributed by atoms with van der Waals surface area (Å²) in [4.78, 5) is 42.6. The second-order valence-electron chi connectivity index (χ2n) is 7.23. The van der Waals surface area contributed by atoms with Crippen LogP contribution >= 0.6 is 11.3 Å².